The number of nitrogens with zero attached hydrogens (tertiary/aromatic N) is 1. The van der Waals surface area contributed by atoms with Gasteiger partial charge in [-0.25, -0.2) is 8.42 Å². The summed E-state index contributed by atoms with van der Waals surface area (Å²) in [6.45, 7) is -0.775. The second kappa shape index (κ2) is 4.67. The summed E-state index contributed by atoms with van der Waals surface area (Å²) in [6, 6.07) is -2.16. The highest BCUT2D eigenvalue weighted by molar-refractivity contribution is 7.88. The summed E-state index contributed by atoms with van der Waals surface area (Å²) in [5.74, 6) is 0. The maximum Gasteiger partial charge on any atom is 0.212 e. The Labute approximate surface area is 104 Å². The molecule has 2 aliphatic heterocycles. The third kappa shape index (κ3) is 2.05. The Balaban J connectivity index is 2.41. The van der Waals surface area contributed by atoms with E-state index in [9.17, 15) is 28.8 Å². The van der Waals surface area contributed by atoms with Crippen LogP contribution in [0.15, 0.2) is 0 Å². The van der Waals surface area contributed by atoms with E-state index in [0.29, 0.717) is 0 Å². The lowest BCUT2D eigenvalue weighted by Crippen LogP contribution is -2.58. The van der Waals surface area contributed by atoms with E-state index >= 15 is 0 Å². The fourth-order valence-electron chi connectivity index (χ4n) is 2.67. The molecule has 2 heterocycles. The van der Waals surface area contributed by atoms with Crippen LogP contribution in [0.25, 0.3) is 0 Å². The number of rotatable bonds is 2. The van der Waals surface area contributed by atoms with E-state index < -0.39 is 53.1 Å². The average molecular weight is 283 g/mol. The zero-order valence-corrected chi connectivity index (χ0v) is 10.6. The Morgan fingerprint density at radius 1 is 1.28 bits per heavy atom. The molecular formula is C9H17NO7S. The Bertz CT molecular complexity index is 413. The molecule has 0 aromatic heterocycles. The van der Waals surface area contributed by atoms with E-state index in [-0.39, 0.29) is 6.61 Å². The number of aliphatic hydroxyl groups is 4. The van der Waals surface area contributed by atoms with Crippen molar-refractivity contribution in [1.29, 1.82) is 0 Å². The van der Waals surface area contributed by atoms with Gasteiger partial charge in [0.1, 0.15) is 24.4 Å². The molecule has 4 N–H and O–H groups in total. The number of ether oxygens (including phenoxy) is 1. The molecule has 0 bridgehead atoms. The molecule has 0 aromatic carbocycles. The van der Waals surface area contributed by atoms with E-state index in [1.165, 1.54) is 0 Å². The second-order valence-electron chi connectivity index (χ2n) is 4.68. The minimum atomic E-state index is -3.76. The molecule has 0 spiro atoms. The van der Waals surface area contributed by atoms with Gasteiger partial charge in [0.05, 0.1) is 31.6 Å². The summed E-state index contributed by atoms with van der Waals surface area (Å²) in [6.07, 6.45) is -3.85. The number of hydrogen-bond acceptors (Lipinski definition) is 7. The van der Waals surface area contributed by atoms with Crippen LogP contribution in [0, 0.1) is 0 Å². The topological polar surface area (TPSA) is 128 Å². The van der Waals surface area contributed by atoms with Gasteiger partial charge in [-0.3, -0.25) is 0 Å². The first-order valence-electron chi connectivity index (χ1n) is 5.54. The third-order valence-electron chi connectivity index (χ3n) is 3.46. The Kier molecular flexibility index (Phi) is 3.67. The first kappa shape index (κ1) is 14.1. The Hall–Kier alpha value is -0.290. The first-order chi connectivity index (χ1) is 8.29. The van der Waals surface area contributed by atoms with Gasteiger partial charge in [0, 0.05) is 0 Å². The van der Waals surface area contributed by atoms with E-state index in [2.05, 4.69) is 0 Å². The van der Waals surface area contributed by atoms with Gasteiger partial charge in [-0.05, 0) is 0 Å². The number of sulfonamides is 1. The fraction of sp³-hybridized carbons (Fsp3) is 1.00. The predicted molar refractivity (Wildman–Crippen MR) is 59.1 cm³/mol. The van der Waals surface area contributed by atoms with Gasteiger partial charge < -0.3 is 25.2 Å². The molecule has 6 unspecified atom stereocenters. The van der Waals surface area contributed by atoms with Gasteiger partial charge in [0.25, 0.3) is 0 Å². The van der Waals surface area contributed by atoms with Gasteiger partial charge in [-0.15, -0.1) is 0 Å². The highest BCUT2D eigenvalue weighted by Gasteiger charge is 2.58. The Morgan fingerprint density at radius 2 is 1.89 bits per heavy atom. The van der Waals surface area contributed by atoms with Crippen LogP contribution < -0.4 is 0 Å². The van der Waals surface area contributed by atoms with Crippen molar-refractivity contribution < 1.29 is 33.6 Å². The van der Waals surface area contributed by atoms with Crippen LogP contribution in [0.4, 0.5) is 0 Å². The van der Waals surface area contributed by atoms with Gasteiger partial charge in [-0.2, -0.15) is 4.31 Å². The Morgan fingerprint density at radius 3 is 2.39 bits per heavy atom. The van der Waals surface area contributed by atoms with Gasteiger partial charge in [-0.1, -0.05) is 0 Å². The standard InChI is InChI=1S/C9H17NO7S/c1-18(15,16)10-4(2-11)7(13)9-6(10)8(14)5(12)3-17-9/h4-9,11-14H,2-3H2,1H3. The lowest BCUT2D eigenvalue weighted by molar-refractivity contribution is -0.154. The molecule has 0 radical (unpaired) electrons. The third-order valence-corrected chi connectivity index (χ3v) is 4.74. The summed E-state index contributed by atoms with van der Waals surface area (Å²) in [5.41, 5.74) is 0. The summed E-state index contributed by atoms with van der Waals surface area (Å²) in [5, 5.41) is 38.5. The van der Waals surface area contributed by atoms with Crippen LogP contribution in [0.3, 0.4) is 0 Å². The van der Waals surface area contributed by atoms with Crippen molar-refractivity contribution in [2.75, 3.05) is 19.5 Å². The smallest absolute Gasteiger partial charge is 0.212 e. The van der Waals surface area contributed by atoms with Gasteiger partial charge >= 0.3 is 0 Å². The average Bonchev–Trinajstić information content (AvgIpc) is 2.57. The monoisotopic (exact) mass is 283 g/mol. The second-order valence-corrected chi connectivity index (χ2v) is 6.57. The van der Waals surface area contributed by atoms with Crippen molar-refractivity contribution in [2.45, 2.75) is 36.5 Å². The van der Waals surface area contributed by atoms with Crippen LogP contribution in [0.5, 0.6) is 0 Å². The molecule has 9 heteroatoms. The van der Waals surface area contributed by atoms with Crippen molar-refractivity contribution in [3.05, 3.63) is 0 Å². The van der Waals surface area contributed by atoms with Gasteiger partial charge in [0.15, 0.2) is 0 Å². The number of aliphatic hydroxyl groups excluding tert-OH is 4. The zero-order chi connectivity index (χ0) is 13.7. The van der Waals surface area contributed by atoms with Crippen LogP contribution in [0.1, 0.15) is 0 Å². The van der Waals surface area contributed by atoms with E-state index in [1.54, 1.807) is 0 Å². The van der Waals surface area contributed by atoms with Gasteiger partial charge in [0.2, 0.25) is 10.0 Å². The van der Waals surface area contributed by atoms with Crippen LogP contribution in [-0.2, 0) is 14.8 Å². The van der Waals surface area contributed by atoms with Crippen molar-refractivity contribution >= 4 is 10.0 Å². The van der Waals surface area contributed by atoms with Crippen molar-refractivity contribution in [3.63, 3.8) is 0 Å². The van der Waals surface area contributed by atoms with E-state index in [1.807, 2.05) is 0 Å². The predicted octanol–water partition coefficient (Wildman–Crippen LogP) is -3.53. The minimum Gasteiger partial charge on any atom is -0.395 e. The largest absolute Gasteiger partial charge is 0.395 e. The SMILES string of the molecule is CS(=O)(=O)N1C(CO)C(O)C2OCC(O)C(O)C21. The molecule has 2 aliphatic rings. The fourth-order valence-corrected chi connectivity index (χ4v) is 4.04. The molecule has 106 valence electrons. The summed E-state index contributed by atoms with van der Waals surface area (Å²) < 4.78 is 29.4. The van der Waals surface area contributed by atoms with Crippen LogP contribution in [0.2, 0.25) is 0 Å². The summed E-state index contributed by atoms with van der Waals surface area (Å²) >= 11 is 0. The molecule has 0 saturated carbocycles. The van der Waals surface area contributed by atoms with Crippen LogP contribution >= 0.6 is 0 Å². The molecule has 2 saturated heterocycles. The molecule has 2 rings (SSSR count). The lowest BCUT2D eigenvalue weighted by atomic mass is 9.97. The highest BCUT2D eigenvalue weighted by atomic mass is 32.2. The summed E-state index contributed by atoms with van der Waals surface area (Å²) in [4.78, 5) is 0. The normalized spacial score (nSPS) is 46.1. The first-order valence-corrected chi connectivity index (χ1v) is 7.39. The minimum absolute atomic E-state index is 0.185. The van der Waals surface area contributed by atoms with Crippen molar-refractivity contribution in [1.82, 2.24) is 4.31 Å². The molecule has 0 amide bonds. The number of hydrogen-bond donors (Lipinski definition) is 4. The van der Waals surface area contributed by atoms with E-state index in [4.69, 9.17) is 4.74 Å². The lowest BCUT2D eigenvalue weighted by Gasteiger charge is -2.37. The van der Waals surface area contributed by atoms with Crippen molar-refractivity contribution in [2.24, 2.45) is 0 Å². The van der Waals surface area contributed by atoms with Crippen molar-refractivity contribution in [3.8, 4) is 0 Å². The molecule has 8 nitrogen and oxygen atoms in total. The molecule has 18 heavy (non-hydrogen) atoms. The maximum atomic E-state index is 11.7. The number of fused-ring (bicyclic) bond motifs is 1. The highest BCUT2D eigenvalue weighted by Crippen LogP contribution is 2.35. The molecule has 2 fully saturated rings. The van der Waals surface area contributed by atoms with E-state index in [0.717, 1.165) is 10.6 Å². The molecule has 0 aromatic rings. The molecule has 6 atom stereocenters. The molecular weight excluding hydrogens is 266 g/mol. The zero-order valence-electron chi connectivity index (χ0n) is 9.75. The summed E-state index contributed by atoms with van der Waals surface area (Å²) in [7, 11) is -3.76. The quantitative estimate of drug-likeness (QED) is 0.413. The maximum absolute atomic E-state index is 11.7. The molecule has 0 aliphatic carbocycles. The van der Waals surface area contributed by atoms with Crippen LogP contribution in [-0.4, -0.2) is 89.1 Å².